The van der Waals surface area contributed by atoms with Crippen molar-refractivity contribution in [2.45, 2.75) is 24.1 Å². The Bertz CT molecular complexity index is 657. The van der Waals surface area contributed by atoms with Crippen LogP contribution in [0, 0.1) is 5.82 Å². The van der Waals surface area contributed by atoms with Gasteiger partial charge >= 0.3 is 0 Å². The summed E-state index contributed by atoms with van der Waals surface area (Å²) >= 11 is 1.74. The van der Waals surface area contributed by atoms with Gasteiger partial charge in [0.1, 0.15) is 23.0 Å². The van der Waals surface area contributed by atoms with Gasteiger partial charge < -0.3 is 9.80 Å². The molecular formula is C17H21FN4S. The van der Waals surface area contributed by atoms with Gasteiger partial charge in [0, 0.05) is 37.5 Å². The third kappa shape index (κ3) is 3.93. The summed E-state index contributed by atoms with van der Waals surface area (Å²) in [5, 5.41) is 1.50. The van der Waals surface area contributed by atoms with Gasteiger partial charge in [-0.2, -0.15) is 0 Å². The molecule has 6 heteroatoms. The quantitative estimate of drug-likeness (QED) is 0.632. The molecule has 0 unspecified atom stereocenters. The second-order valence-electron chi connectivity index (χ2n) is 5.81. The number of hydrogen-bond donors (Lipinski definition) is 0. The minimum absolute atomic E-state index is 0.154. The van der Waals surface area contributed by atoms with Gasteiger partial charge in [0.15, 0.2) is 0 Å². The fourth-order valence-corrected chi connectivity index (χ4v) is 3.46. The standard InChI is InChI=1S/C17H21FN4S/c1-13(2)23-17-11-16(19-12-20-17)22-9-7-21(8-10-22)15-6-4-3-5-14(15)18/h3-6,11-13H,7-10H2,1-2H3. The normalized spacial score (nSPS) is 15.3. The van der Waals surface area contributed by atoms with Crippen molar-refractivity contribution in [3.63, 3.8) is 0 Å². The Balaban J connectivity index is 1.66. The average molecular weight is 332 g/mol. The zero-order valence-corrected chi connectivity index (χ0v) is 14.3. The lowest BCUT2D eigenvalue weighted by atomic mass is 10.2. The smallest absolute Gasteiger partial charge is 0.146 e. The molecule has 0 aliphatic carbocycles. The fourth-order valence-electron chi connectivity index (χ4n) is 2.69. The lowest BCUT2D eigenvalue weighted by Gasteiger charge is -2.36. The number of para-hydroxylation sites is 1. The van der Waals surface area contributed by atoms with E-state index in [0.29, 0.717) is 10.9 Å². The highest BCUT2D eigenvalue weighted by molar-refractivity contribution is 7.99. The molecule has 1 aromatic heterocycles. The van der Waals surface area contributed by atoms with Crippen molar-refractivity contribution in [2.24, 2.45) is 0 Å². The Hall–Kier alpha value is -1.82. The number of thioether (sulfide) groups is 1. The van der Waals surface area contributed by atoms with Crippen molar-refractivity contribution >= 4 is 23.3 Å². The van der Waals surface area contributed by atoms with Crippen LogP contribution < -0.4 is 9.80 Å². The molecule has 23 heavy (non-hydrogen) atoms. The summed E-state index contributed by atoms with van der Waals surface area (Å²) in [4.78, 5) is 13.0. The summed E-state index contributed by atoms with van der Waals surface area (Å²) in [6, 6.07) is 9.01. The first-order valence-corrected chi connectivity index (χ1v) is 8.74. The van der Waals surface area contributed by atoms with Crippen molar-refractivity contribution in [3.05, 3.63) is 42.5 Å². The largest absolute Gasteiger partial charge is 0.366 e. The molecule has 122 valence electrons. The van der Waals surface area contributed by atoms with E-state index in [-0.39, 0.29) is 5.82 Å². The molecule has 3 rings (SSSR count). The summed E-state index contributed by atoms with van der Waals surface area (Å²) in [6.07, 6.45) is 1.63. The van der Waals surface area contributed by atoms with Gasteiger partial charge in [-0.1, -0.05) is 26.0 Å². The fraction of sp³-hybridized carbons (Fsp3) is 0.412. The zero-order valence-electron chi connectivity index (χ0n) is 13.4. The highest BCUT2D eigenvalue weighted by Crippen LogP contribution is 2.25. The molecule has 1 aliphatic heterocycles. The molecule has 2 heterocycles. The number of rotatable bonds is 4. The van der Waals surface area contributed by atoms with E-state index in [4.69, 9.17) is 0 Å². The van der Waals surface area contributed by atoms with Gasteiger partial charge in [-0.05, 0) is 12.1 Å². The highest BCUT2D eigenvalue weighted by Gasteiger charge is 2.20. The predicted octanol–water partition coefficient (Wildman–Crippen LogP) is 3.44. The van der Waals surface area contributed by atoms with Gasteiger partial charge in [-0.3, -0.25) is 0 Å². The van der Waals surface area contributed by atoms with Crippen molar-refractivity contribution in [1.29, 1.82) is 0 Å². The van der Waals surface area contributed by atoms with Crippen LogP contribution in [-0.2, 0) is 0 Å². The molecule has 1 aliphatic rings. The Labute approximate surface area is 140 Å². The third-order valence-corrected chi connectivity index (χ3v) is 4.72. The van der Waals surface area contributed by atoms with Crippen LogP contribution in [0.25, 0.3) is 0 Å². The molecule has 0 atom stereocenters. The number of hydrogen-bond acceptors (Lipinski definition) is 5. The first-order valence-electron chi connectivity index (χ1n) is 7.86. The number of aromatic nitrogens is 2. The lowest BCUT2D eigenvalue weighted by molar-refractivity contribution is 0.595. The first kappa shape index (κ1) is 16.1. The van der Waals surface area contributed by atoms with E-state index in [2.05, 4.69) is 33.6 Å². The molecule has 0 N–H and O–H groups in total. The minimum Gasteiger partial charge on any atom is -0.366 e. The monoisotopic (exact) mass is 332 g/mol. The van der Waals surface area contributed by atoms with Crippen LogP contribution in [0.5, 0.6) is 0 Å². The van der Waals surface area contributed by atoms with Crippen LogP contribution >= 0.6 is 11.8 Å². The number of nitrogens with zero attached hydrogens (tertiary/aromatic N) is 4. The van der Waals surface area contributed by atoms with Gasteiger partial charge in [-0.15, -0.1) is 11.8 Å². The van der Waals surface area contributed by atoms with Crippen molar-refractivity contribution in [2.75, 3.05) is 36.0 Å². The molecular weight excluding hydrogens is 311 g/mol. The van der Waals surface area contributed by atoms with E-state index < -0.39 is 0 Å². The number of halogens is 1. The van der Waals surface area contributed by atoms with Crippen molar-refractivity contribution < 1.29 is 4.39 Å². The van der Waals surface area contributed by atoms with Crippen LogP contribution in [0.3, 0.4) is 0 Å². The zero-order chi connectivity index (χ0) is 16.2. The average Bonchev–Trinajstić information content (AvgIpc) is 2.55. The van der Waals surface area contributed by atoms with Crippen molar-refractivity contribution in [3.8, 4) is 0 Å². The van der Waals surface area contributed by atoms with Gasteiger partial charge in [0.05, 0.1) is 5.69 Å². The molecule has 0 radical (unpaired) electrons. The summed E-state index contributed by atoms with van der Waals surface area (Å²) in [5.74, 6) is 0.801. The summed E-state index contributed by atoms with van der Waals surface area (Å²) in [5.41, 5.74) is 0.686. The van der Waals surface area contributed by atoms with E-state index in [1.165, 1.54) is 6.07 Å². The van der Waals surface area contributed by atoms with E-state index in [1.807, 2.05) is 18.2 Å². The molecule has 4 nitrogen and oxygen atoms in total. The van der Waals surface area contributed by atoms with Gasteiger partial charge in [0.25, 0.3) is 0 Å². The summed E-state index contributed by atoms with van der Waals surface area (Å²) in [7, 11) is 0. The SMILES string of the molecule is CC(C)Sc1cc(N2CCN(c3ccccc3F)CC2)ncn1. The van der Waals surface area contributed by atoms with Gasteiger partial charge in [-0.25, -0.2) is 14.4 Å². The minimum atomic E-state index is -0.154. The second kappa shape index (κ2) is 7.17. The van der Waals surface area contributed by atoms with Crippen molar-refractivity contribution in [1.82, 2.24) is 9.97 Å². The van der Waals surface area contributed by atoms with Crippen LogP contribution in [0.2, 0.25) is 0 Å². The topological polar surface area (TPSA) is 32.3 Å². The van der Waals surface area contributed by atoms with Crippen LogP contribution in [-0.4, -0.2) is 41.4 Å². The summed E-state index contributed by atoms with van der Waals surface area (Å²) < 4.78 is 13.9. The van der Waals surface area contributed by atoms with Gasteiger partial charge in [0.2, 0.25) is 0 Å². The van der Waals surface area contributed by atoms with E-state index in [9.17, 15) is 4.39 Å². The molecule has 0 amide bonds. The van der Waals surface area contributed by atoms with E-state index in [1.54, 1.807) is 24.2 Å². The molecule has 1 fully saturated rings. The lowest BCUT2D eigenvalue weighted by Crippen LogP contribution is -2.47. The first-order chi connectivity index (χ1) is 11.1. The number of piperazine rings is 1. The van der Waals surface area contributed by atoms with E-state index in [0.717, 1.165) is 37.0 Å². The summed E-state index contributed by atoms with van der Waals surface area (Å²) in [6.45, 7) is 7.54. The molecule has 0 spiro atoms. The Morgan fingerprint density at radius 2 is 1.74 bits per heavy atom. The Morgan fingerprint density at radius 1 is 1.04 bits per heavy atom. The van der Waals surface area contributed by atoms with Crippen LogP contribution in [0.4, 0.5) is 15.9 Å². The number of anilines is 2. The molecule has 0 saturated carbocycles. The molecule has 2 aromatic rings. The molecule has 1 aromatic carbocycles. The van der Waals surface area contributed by atoms with Crippen LogP contribution in [0.15, 0.2) is 41.7 Å². The third-order valence-electron chi connectivity index (χ3n) is 3.78. The maximum atomic E-state index is 13.9. The maximum absolute atomic E-state index is 13.9. The maximum Gasteiger partial charge on any atom is 0.146 e. The predicted molar refractivity (Wildman–Crippen MR) is 93.9 cm³/mol. The second-order valence-corrected chi connectivity index (χ2v) is 7.40. The molecule has 0 bridgehead atoms. The number of benzene rings is 1. The highest BCUT2D eigenvalue weighted by atomic mass is 32.2. The Morgan fingerprint density at radius 3 is 2.43 bits per heavy atom. The molecule has 1 saturated heterocycles. The van der Waals surface area contributed by atoms with E-state index >= 15 is 0 Å². The van der Waals surface area contributed by atoms with Crippen LogP contribution in [0.1, 0.15) is 13.8 Å². The Kier molecular flexibility index (Phi) is 5.00.